The molecule has 2 aromatic carbocycles. The van der Waals surface area contributed by atoms with Gasteiger partial charge < -0.3 is 14.4 Å². The number of fused-ring (bicyclic) bond motifs is 2. The van der Waals surface area contributed by atoms with Crippen LogP contribution in [0.3, 0.4) is 0 Å². The van der Waals surface area contributed by atoms with E-state index in [1.54, 1.807) is 29.2 Å². The number of halogens is 2. The second kappa shape index (κ2) is 8.22. The molecule has 0 bridgehead atoms. The Balaban J connectivity index is 1.49. The van der Waals surface area contributed by atoms with Crippen molar-refractivity contribution in [1.82, 2.24) is 4.90 Å². The van der Waals surface area contributed by atoms with Crippen molar-refractivity contribution in [2.24, 2.45) is 0 Å². The molecule has 1 fully saturated rings. The van der Waals surface area contributed by atoms with E-state index in [1.807, 2.05) is 45.9 Å². The lowest BCUT2D eigenvalue weighted by molar-refractivity contribution is -0.137. The maximum absolute atomic E-state index is 12.9. The van der Waals surface area contributed by atoms with Crippen molar-refractivity contribution in [2.45, 2.75) is 45.5 Å². The molecule has 1 spiro atoms. The number of nitrogens with zero attached hydrogens (tertiary/aromatic N) is 1. The third-order valence-corrected chi connectivity index (χ3v) is 6.03. The molecular weight excluding hydrogens is 449 g/mol. The molecule has 32 heavy (non-hydrogen) atoms. The summed E-state index contributed by atoms with van der Waals surface area (Å²) in [6.07, 6.45) is 1.25. The normalized spacial score (nSPS) is 17.2. The Morgan fingerprint density at radius 2 is 1.72 bits per heavy atom. The number of amides is 1. The molecule has 0 radical (unpaired) electrons. The molecule has 2 heterocycles. The average Bonchev–Trinajstić information content (AvgIpc) is 3.03. The van der Waals surface area contributed by atoms with E-state index in [0.29, 0.717) is 35.3 Å². The van der Waals surface area contributed by atoms with Crippen molar-refractivity contribution in [1.29, 1.82) is 0 Å². The molecule has 0 N–H and O–H groups in total. The maximum Gasteiger partial charge on any atom is 0.410 e. The molecule has 5 nitrogen and oxygen atoms in total. The first-order chi connectivity index (χ1) is 15.0. The first-order valence-electron chi connectivity index (χ1n) is 10.4. The lowest BCUT2D eigenvalue weighted by atomic mass is 9.84. The quantitative estimate of drug-likeness (QED) is 0.390. The van der Waals surface area contributed by atoms with Crippen LogP contribution in [0.1, 0.15) is 54.7 Å². The minimum absolute atomic E-state index is 0.105. The Bertz CT molecular complexity index is 1110. The predicted molar refractivity (Wildman–Crippen MR) is 125 cm³/mol. The largest absolute Gasteiger partial charge is 0.444 e. The van der Waals surface area contributed by atoms with Gasteiger partial charge in [0.25, 0.3) is 0 Å². The fraction of sp³-hybridized carbons (Fsp3) is 0.360. The first kappa shape index (κ1) is 22.8. The zero-order valence-corrected chi connectivity index (χ0v) is 20.0. The van der Waals surface area contributed by atoms with Crippen LogP contribution in [0.5, 0.6) is 0 Å². The van der Waals surface area contributed by atoms with Gasteiger partial charge in [-0.05, 0) is 80.3 Å². The summed E-state index contributed by atoms with van der Waals surface area (Å²) in [4.78, 5) is 26.8. The Kier molecular flexibility index (Phi) is 5.86. The van der Waals surface area contributed by atoms with Gasteiger partial charge in [-0.25, -0.2) is 4.79 Å². The fourth-order valence-corrected chi connectivity index (χ4v) is 4.56. The molecular formula is C25H25Cl2NO4. The van der Waals surface area contributed by atoms with E-state index in [9.17, 15) is 9.59 Å². The summed E-state index contributed by atoms with van der Waals surface area (Å²) in [6, 6.07) is 10.8. The lowest BCUT2D eigenvalue weighted by Gasteiger charge is -2.47. The summed E-state index contributed by atoms with van der Waals surface area (Å²) < 4.78 is 11.5. The van der Waals surface area contributed by atoms with E-state index in [4.69, 9.17) is 32.7 Å². The molecule has 0 aromatic heterocycles. The highest BCUT2D eigenvalue weighted by Crippen LogP contribution is 2.44. The fourth-order valence-electron chi connectivity index (χ4n) is 4.04. The van der Waals surface area contributed by atoms with Crippen LogP contribution >= 0.6 is 23.2 Å². The van der Waals surface area contributed by atoms with Gasteiger partial charge in [-0.2, -0.15) is 0 Å². The Hall–Kier alpha value is -2.34. The summed E-state index contributed by atoms with van der Waals surface area (Å²) in [7, 11) is 0. The van der Waals surface area contributed by atoms with Crippen molar-refractivity contribution in [3.05, 3.63) is 74.8 Å². The van der Waals surface area contributed by atoms with E-state index in [-0.39, 0.29) is 11.9 Å². The van der Waals surface area contributed by atoms with Crippen LogP contribution in [0.25, 0.3) is 5.57 Å². The second-order valence-electron chi connectivity index (χ2n) is 9.34. The SMILES string of the molecule is CC(=CC(=O)c1ccc2c(c1)COC21CN(C(=O)OC(C)(C)C)C1)c1cc(Cl)cc(Cl)c1. The van der Waals surface area contributed by atoms with Crippen molar-refractivity contribution < 1.29 is 19.1 Å². The van der Waals surface area contributed by atoms with Crippen molar-refractivity contribution in [2.75, 3.05) is 13.1 Å². The highest BCUT2D eigenvalue weighted by atomic mass is 35.5. The van der Waals surface area contributed by atoms with Gasteiger partial charge in [0.2, 0.25) is 0 Å². The first-order valence-corrected chi connectivity index (χ1v) is 11.2. The predicted octanol–water partition coefficient (Wildman–Crippen LogP) is 6.26. The third kappa shape index (κ3) is 4.56. The van der Waals surface area contributed by atoms with Gasteiger partial charge in [-0.3, -0.25) is 4.79 Å². The summed E-state index contributed by atoms with van der Waals surface area (Å²) in [5, 5.41) is 1.04. The van der Waals surface area contributed by atoms with Gasteiger partial charge >= 0.3 is 6.09 Å². The van der Waals surface area contributed by atoms with E-state index >= 15 is 0 Å². The van der Waals surface area contributed by atoms with Gasteiger partial charge in [-0.1, -0.05) is 35.3 Å². The smallest absolute Gasteiger partial charge is 0.410 e. The third-order valence-electron chi connectivity index (χ3n) is 5.59. The van der Waals surface area contributed by atoms with Crippen LogP contribution in [0.2, 0.25) is 10.0 Å². The highest BCUT2D eigenvalue weighted by Gasteiger charge is 2.52. The molecule has 168 valence electrons. The van der Waals surface area contributed by atoms with Crippen molar-refractivity contribution >= 4 is 40.7 Å². The molecule has 2 aliphatic heterocycles. The molecule has 4 rings (SSSR count). The average molecular weight is 474 g/mol. The number of hydrogen-bond acceptors (Lipinski definition) is 4. The Morgan fingerprint density at radius 1 is 1.06 bits per heavy atom. The number of carbonyl (C=O) groups is 2. The van der Waals surface area contributed by atoms with Crippen LogP contribution < -0.4 is 0 Å². The van der Waals surface area contributed by atoms with Crippen LogP contribution in [0.15, 0.2) is 42.5 Å². The molecule has 0 aliphatic carbocycles. The second-order valence-corrected chi connectivity index (χ2v) is 10.2. The van der Waals surface area contributed by atoms with Crippen molar-refractivity contribution in [3.63, 3.8) is 0 Å². The van der Waals surface area contributed by atoms with Gasteiger partial charge in [0.1, 0.15) is 11.2 Å². The Labute approximate surface area is 197 Å². The Morgan fingerprint density at radius 3 is 2.34 bits per heavy atom. The number of ketones is 1. The number of likely N-dealkylation sites (tertiary alicyclic amines) is 1. The molecule has 1 amide bonds. The van der Waals surface area contributed by atoms with Crippen LogP contribution in [-0.4, -0.2) is 35.5 Å². The number of rotatable bonds is 3. The molecule has 0 atom stereocenters. The standard InChI is InChI=1S/C25H25Cl2NO4/c1-15(17-9-19(26)11-20(27)10-17)7-22(29)16-5-6-21-18(8-16)12-31-25(21)13-28(14-25)23(30)32-24(2,3)4/h5-11H,12-14H2,1-4H3. The zero-order valence-electron chi connectivity index (χ0n) is 18.5. The van der Waals surface area contributed by atoms with Gasteiger partial charge in [0.15, 0.2) is 5.78 Å². The molecule has 7 heteroatoms. The molecule has 1 saturated heterocycles. The zero-order chi connectivity index (χ0) is 23.3. The van der Waals surface area contributed by atoms with Gasteiger partial charge in [0.05, 0.1) is 19.7 Å². The summed E-state index contributed by atoms with van der Waals surface area (Å²) >= 11 is 12.2. The van der Waals surface area contributed by atoms with Crippen LogP contribution in [-0.2, 0) is 21.7 Å². The number of allylic oxidation sites excluding steroid dienone is 2. The number of hydrogen-bond donors (Lipinski definition) is 0. The summed E-state index contributed by atoms with van der Waals surface area (Å²) in [5.74, 6) is -0.105. The van der Waals surface area contributed by atoms with Crippen LogP contribution in [0.4, 0.5) is 4.79 Å². The van der Waals surface area contributed by atoms with E-state index < -0.39 is 11.2 Å². The maximum atomic E-state index is 12.9. The number of benzene rings is 2. The van der Waals surface area contributed by atoms with Crippen molar-refractivity contribution in [3.8, 4) is 0 Å². The number of ether oxygens (including phenoxy) is 2. The molecule has 2 aromatic rings. The topological polar surface area (TPSA) is 55.8 Å². The highest BCUT2D eigenvalue weighted by molar-refractivity contribution is 6.34. The molecule has 0 saturated carbocycles. The van der Waals surface area contributed by atoms with E-state index in [2.05, 4.69) is 0 Å². The van der Waals surface area contributed by atoms with Crippen LogP contribution in [0, 0.1) is 0 Å². The molecule has 2 aliphatic rings. The minimum atomic E-state index is -0.536. The minimum Gasteiger partial charge on any atom is -0.444 e. The summed E-state index contributed by atoms with van der Waals surface area (Å²) in [5.41, 5.74) is 3.10. The number of carbonyl (C=O) groups excluding carboxylic acids is 2. The summed E-state index contributed by atoms with van der Waals surface area (Å²) in [6.45, 7) is 8.68. The van der Waals surface area contributed by atoms with E-state index in [0.717, 1.165) is 22.3 Å². The van der Waals surface area contributed by atoms with E-state index in [1.165, 1.54) is 0 Å². The lowest BCUT2D eigenvalue weighted by Crippen LogP contribution is -2.61. The monoisotopic (exact) mass is 473 g/mol. The molecule has 0 unspecified atom stereocenters. The van der Waals surface area contributed by atoms with Gasteiger partial charge in [-0.15, -0.1) is 0 Å². The van der Waals surface area contributed by atoms with Gasteiger partial charge in [0, 0.05) is 15.6 Å².